The third-order valence-electron chi connectivity index (χ3n) is 3.81. The van der Waals surface area contributed by atoms with Crippen LogP contribution < -0.4 is 10.1 Å². The van der Waals surface area contributed by atoms with Crippen molar-refractivity contribution in [3.63, 3.8) is 0 Å². The van der Waals surface area contributed by atoms with Gasteiger partial charge in [-0.05, 0) is 38.0 Å². The molecule has 0 aliphatic heterocycles. The molecule has 124 valence electrons. The van der Waals surface area contributed by atoms with Crippen molar-refractivity contribution in [2.75, 3.05) is 7.11 Å². The van der Waals surface area contributed by atoms with E-state index in [0.717, 1.165) is 18.7 Å². The Morgan fingerprint density at radius 1 is 1.48 bits per heavy atom. The topological polar surface area (TPSA) is 56.2 Å². The monoisotopic (exact) mass is 319 g/mol. The second-order valence-electron chi connectivity index (χ2n) is 5.46. The number of hydrogen-bond donors (Lipinski definition) is 1. The lowest BCUT2D eigenvalue weighted by molar-refractivity contribution is 0.0939. The van der Waals surface area contributed by atoms with Gasteiger partial charge in [0.05, 0.1) is 24.9 Å². The first kappa shape index (κ1) is 17.0. The van der Waals surface area contributed by atoms with Crippen LogP contribution in [0.15, 0.2) is 24.4 Å². The largest absolute Gasteiger partial charge is 0.494 e. The van der Waals surface area contributed by atoms with Crippen molar-refractivity contribution >= 4 is 5.91 Å². The summed E-state index contributed by atoms with van der Waals surface area (Å²) in [6.45, 7) is 6.51. The molecule has 0 fully saturated rings. The summed E-state index contributed by atoms with van der Waals surface area (Å²) in [6.07, 6.45) is 2.52. The Bertz CT molecular complexity index is 697. The number of methoxy groups -OCH3 is 1. The molecule has 0 saturated heterocycles. The number of aryl methyl sites for hydroxylation is 1. The molecule has 0 saturated carbocycles. The van der Waals surface area contributed by atoms with Gasteiger partial charge in [0.2, 0.25) is 0 Å². The van der Waals surface area contributed by atoms with E-state index in [1.165, 1.54) is 13.2 Å². The molecule has 0 aliphatic rings. The number of carbonyl (C=O) groups is 1. The lowest BCUT2D eigenvalue weighted by Gasteiger charge is -2.15. The van der Waals surface area contributed by atoms with Gasteiger partial charge in [0.25, 0.3) is 5.91 Å². The Labute approximate surface area is 135 Å². The quantitative estimate of drug-likeness (QED) is 0.889. The van der Waals surface area contributed by atoms with Crippen molar-refractivity contribution in [2.24, 2.45) is 0 Å². The van der Waals surface area contributed by atoms with Gasteiger partial charge >= 0.3 is 0 Å². The second kappa shape index (κ2) is 7.26. The van der Waals surface area contributed by atoms with Crippen LogP contribution in [-0.2, 0) is 6.54 Å². The van der Waals surface area contributed by atoms with Crippen LogP contribution in [-0.4, -0.2) is 22.8 Å². The molecule has 0 spiro atoms. The highest BCUT2D eigenvalue weighted by atomic mass is 19.1. The van der Waals surface area contributed by atoms with Crippen LogP contribution in [0.25, 0.3) is 0 Å². The first-order valence-corrected chi connectivity index (χ1v) is 7.64. The van der Waals surface area contributed by atoms with Crippen LogP contribution in [0, 0.1) is 12.7 Å². The number of hydrogen-bond acceptors (Lipinski definition) is 3. The van der Waals surface area contributed by atoms with Gasteiger partial charge in [-0.3, -0.25) is 9.48 Å². The van der Waals surface area contributed by atoms with Crippen LogP contribution in [0.3, 0.4) is 0 Å². The van der Waals surface area contributed by atoms with E-state index in [1.54, 1.807) is 18.3 Å². The Morgan fingerprint density at radius 2 is 2.22 bits per heavy atom. The molecule has 0 aliphatic carbocycles. The molecule has 1 amide bonds. The molecule has 2 rings (SSSR count). The predicted molar refractivity (Wildman–Crippen MR) is 86.1 cm³/mol. The molecule has 6 heteroatoms. The maximum absolute atomic E-state index is 13.8. The summed E-state index contributed by atoms with van der Waals surface area (Å²) in [5, 5.41) is 7.10. The van der Waals surface area contributed by atoms with E-state index in [1.807, 2.05) is 18.5 Å². The highest BCUT2D eigenvalue weighted by molar-refractivity contribution is 5.95. The van der Waals surface area contributed by atoms with Gasteiger partial charge in [-0.1, -0.05) is 13.0 Å². The van der Waals surface area contributed by atoms with Crippen molar-refractivity contribution in [1.82, 2.24) is 15.1 Å². The Balaban J connectivity index is 2.12. The average molecular weight is 319 g/mol. The molecule has 2 aromatic rings. The highest BCUT2D eigenvalue weighted by Crippen LogP contribution is 2.22. The Morgan fingerprint density at radius 3 is 2.83 bits per heavy atom. The Kier molecular flexibility index (Phi) is 5.36. The van der Waals surface area contributed by atoms with E-state index in [-0.39, 0.29) is 17.7 Å². The lowest BCUT2D eigenvalue weighted by atomic mass is 10.1. The van der Waals surface area contributed by atoms with E-state index in [0.29, 0.717) is 11.1 Å². The zero-order valence-electron chi connectivity index (χ0n) is 13.9. The number of carbonyl (C=O) groups excluding carboxylic acids is 1. The minimum atomic E-state index is -0.446. The van der Waals surface area contributed by atoms with E-state index in [9.17, 15) is 9.18 Å². The maximum atomic E-state index is 13.8. The van der Waals surface area contributed by atoms with Crippen LogP contribution in [0.4, 0.5) is 4.39 Å². The fourth-order valence-corrected chi connectivity index (χ4v) is 2.42. The number of amides is 1. The van der Waals surface area contributed by atoms with E-state index < -0.39 is 5.82 Å². The number of aromatic nitrogens is 2. The lowest BCUT2D eigenvalue weighted by Crippen LogP contribution is -2.27. The summed E-state index contributed by atoms with van der Waals surface area (Å²) in [5.41, 5.74) is 2.05. The molecular formula is C17H22FN3O2. The van der Waals surface area contributed by atoms with Crippen molar-refractivity contribution in [3.8, 4) is 5.75 Å². The molecule has 1 aromatic carbocycles. The predicted octanol–water partition coefficient (Wildman–Crippen LogP) is 3.24. The summed E-state index contributed by atoms with van der Waals surface area (Å²) in [6, 6.07) is 4.34. The molecule has 5 nitrogen and oxygen atoms in total. The van der Waals surface area contributed by atoms with Gasteiger partial charge < -0.3 is 10.1 Å². The highest BCUT2D eigenvalue weighted by Gasteiger charge is 2.17. The van der Waals surface area contributed by atoms with Gasteiger partial charge in [-0.15, -0.1) is 0 Å². The van der Waals surface area contributed by atoms with Gasteiger partial charge in [0.15, 0.2) is 11.6 Å². The van der Waals surface area contributed by atoms with Crippen LogP contribution >= 0.6 is 0 Å². The van der Waals surface area contributed by atoms with E-state index in [4.69, 9.17) is 4.74 Å². The first-order valence-electron chi connectivity index (χ1n) is 7.64. The standard InChI is InChI=1S/C17H22FN3O2/c1-5-8-21-12(3)14(10-19-21)17(22)20-11(2)13-6-7-16(23-4)15(18)9-13/h6-7,9-11H,5,8H2,1-4H3,(H,20,22). The SMILES string of the molecule is CCCn1ncc(C(=O)NC(C)c2ccc(OC)c(F)c2)c1C. The number of rotatable bonds is 6. The molecule has 1 N–H and O–H groups in total. The van der Waals surface area contributed by atoms with Crippen molar-refractivity contribution in [2.45, 2.75) is 39.8 Å². The summed E-state index contributed by atoms with van der Waals surface area (Å²) < 4.78 is 20.5. The number of nitrogens with one attached hydrogen (secondary N) is 1. The average Bonchev–Trinajstić information content (AvgIpc) is 2.88. The fourth-order valence-electron chi connectivity index (χ4n) is 2.42. The van der Waals surface area contributed by atoms with Gasteiger partial charge in [-0.2, -0.15) is 5.10 Å². The minimum Gasteiger partial charge on any atom is -0.494 e. The fraction of sp³-hybridized carbons (Fsp3) is 0.412. The summed E-state index contributed by atoms with van der Waals surface area (Å²) in [4.78, 5) is 12.4. The summed E-state index contributed by atoms with van der Waals surface area (Å²) >= 11 is 0. The third-order valence-corrected chi connectivity index (χ3v) is 3.81. The second-order valence-corrected chi connectivity index (χ2v) is 5.46. The summed E-state index contributed by atoms with van der Waals surface area (Å²) in [7, 11) is 1.42. The molecule has 1 heterocycles. The van der Waals surface area contributed by atoms with Crippen LogP contribution in [0.1, 0.15) is 47.9 Å². The van der Waals surface area contributed by atoms with Gasteiger partial charge in [-0.25, -0.2) is 4.39 Å². The summed E-state index contributed by atoms with van der Waals surface area (Å²) in [5.74, 6) is -0.476. The normalized spacial score (nSPS) is 12.0. The van der Waals surface area contributed by atoms with Gasteiger partial charge in [0.1, 0.15) is 0 Å². The smallest absolute Gasteiger partial charge is 0.255 e. The van der Waals surface area contributed by atoms with E-state index >= 15 is 0 Å². The molecule has 0 radical (unpaired) electrons. The van der Waals surface area contributed by atoms with Crippen molar-refractivity contribution < 1.29 is 13.9 Å². The molecule has 23 heavy (non-hydrogen) atoms. The van der Waals surface area contributed by atoms with Gasteiger partial charge in [0, 0.05) is 12.2 Å². The maximum Gasteiger partial charge on any atom is 0.255 e. The number of ether oxygens (including phenoxy) is 1. The zero-order valence-corrected chi connectivity index (χ0v) is 13.9. The zero-order chi connectivity index (χ0) is 17.0. The number of benzene rings is 1. The molecule has 1 aromatic heterocycles. The minimum absolute atomic E-state index is 0.184. The van der Waals surface area contributed by atoms with E-state index in [2.05, 4.69) is 17.3 Å². The molecule has 0 bridgehead atoms. The third kappa shape index (κ3) is 3.70. The van der Waals surface area contributed by atoms with Crippen LogP contribution in [0.2, 0.25) is 0 Å². The Hall–Kier alpha value is -2.37. The number of halogens is 1. The number of nitrogens with zero attached hydrogens (tertiary/aromatic N) is 2. The molecule has 1 unspecified atom stereocenters. The van der Waals surface area contributed by atoms with Crippen molar-refractivity contribution in [3.05, 3.63) is 47.0 Å². The first-order chi connectivity index (χ1) is 11.0. The molecule has 1 atom stereocenters. The molecular weight excluding hydrogens is 297 g/mol. The van der Waals surface area contributed by atoms with Crippen LogP contribution in [0.5, 0.6) is 5.75 Å². The van der Waals surface area contributed by atoms with Crippen molar-refractivity contribution in [1.29, 1.82) is 0 Å².